The first-order chi connectivity index (χ1) is 12.1. The molecule has 0 aliphatic heterocycles. The van der Waals surface area contributed by atoms with Crippen LogP contribution in [0.4, 0.5) is 13.2 Å². The highest BCUT2D eigenvalue weighted by Crippen LogP contribution is 2.35. The molecule has 26 heavy (non-hydrogen) atoms. The van der Waals surface area contributed by atoms with Crippen molar-refractivity contribution >= 4 is 11.6 Å². The van der Waals surface area contributed by atoms with E-state index < -0.39 is 23.2 Å². The molecule has 0 saturated carbocycles. The van der Waals surface area contributed by atoms with Gasteiger partial charge in [0, 0.05) is 31.1 Å². The molecule has 0 aliphatic rings. The summed E-state index contributed by atoms with van der Waals surface area (Å²) in [4.78, 5) is 13.1. The molecule has 0 unspecified atom stereocenters. The van der Waals surface area contributed by atoms with Gasteiger partial charge in [-0.15, -0.1) is 0 Å². The molecule has 0 aliphatic carbocycles. The molecule has 0 radical (unpaired) electrons. The summed E-state index contributed by atoms with van der Waals surface area (Å²) in [5.74, 6) is -0.248. The van der Waals surface area contributed by atoms with Crippen molar-refractivity contribution in [3.63, 3.8) is 0 Å². The minimum atomic E-state index is -4.83. The number of hydrogen-bond donors (Lipinski definition) is 2. The third-order valence-corrected chi connectivity index (χ3v) is 3.92. The minimum Gasteiger partial charge on any atom is -0.507 e. The normalized spacial score (nSPS) is 11.3. The minimum absolute atomic E-state index is 0.0179. The summed E-state index contributed by atoms with van der Waals surface area (Å²) in [6, 6.07) is 2.40. The van der Waals surface area contributed by atoms with E-state index in [-0.39, 0.29) is 18.1 Å². The van der Waals surface area contributed by atoms with E-state index in [1.54, 1.807) is 18.9 Å². The predicted octanol–water partition coefficient (Wildman–Crippen LogP) is 3.91. The highest BCUT2D eigenvalue weighted by atomic mass is 19.4. The largest absolute Gasteiger partial charge is 0.507 e. The van der Waals surface area contributed by atoms with Crippen molar-refractivity contribution in [3.05, 3.63) is 23.3 Å². The van der Waals surface area contributed by atoms with Gasteiger partial charge in [-0.3, -0.25) is 10.2 Å². The number of aromatic hydroxyl groups is 1. The molecular formula is C18H25F3N2O3. The van der Waals surface area contributed by atoms with Gasteiger partial charge in [0.15, 0.2) is 0 Å². The van der Waals surface area contributed by atoms with E-state index >= 15 is 0 Å². The summed E-state index contributed by atoms with van der Waals surface area (Å²) in [5, 5.41) is 17.4. The van der Waals surface area contributed by atoms with Crippen LogP contribution in [-0.4, -0.2) is 48.0 Å². The van der Waals surface area contributed by atoms with Gasteiger partial charge in [0.05, 0.1) is 6.61 Å². The van der Waals surface area contributed by atoms with E-state index in [1.807, 2.05) is 6.92 Å². The van der Waals surface area contributed by atoms with Gasteiger partial charge in [0.2, 0.25) is 5.91 Å². The van der Waals surface area contributed by atoms with Crippen molar-refractivity contribution in [3.8, 4) is 11.5 Å². The van der Waals surface area contributed by atoms with Crippen LogP contribution in [0.3, 0.4) is 0 Å². The van der Waals surface area contributed by atoms with Crippen LogP contribution >= 0.6 is 0 Å². The molecule has 1 aromatic rings. The Hall–Kier alpha value is -2.25. The molecule has 5 nitrogen and oxygen atoms in total. The molecule has 0 bridgehead atoms. The summed E-state index contributed by atoms with van der Waals surface area (Å²) in [6.07, 6.45) is -2.94. The number of carbonyl (C=O) groups is 1. The van der Waals surface area contributed by atoms with Gasteiger partial charge in [0.25, 0.3) is 0 Å². The second-order valence-electron chi connectivity index (χ2n) is 5.93. The molecule has 0 heterocycles. The Bertz CT molecular complexity index is 645. The molecule has 0 aromatic heterocycles. The second kappa shape index (κ2) is 9.45. The highest BCUT2D eigenvalue weighted by Gasteiger charge is 2.37. The maximum absolute atomic E-state index is 12.8. The summed E-state index contributed by atoms with van der Waals surface area (Å²) >= 11 is 0. The summed E-state index contributed by atoms with van der Waals surface area (Å²) in [7, 11) is 1.69. The van der Waals surface area contributed by atoms with Crippen LogP contribution in [0.2, 0.25) is 0 Å². The van der Waals surface area contributed by atoms with Crippen molar-refractivity contribution in [1.82, 2.24) is 4.90 Å². The van der Waals surface area contributed by atoms with E-state index in [0.717, 1.165) is 6.07 Å². The number of rotatable bonds is 9. The first kappa shape index (κ1) is 21.8. The lowest BCUT2D eigenvalue weighted by molar-refractivity contribution is -0.129. The molecule has 1 aromatic carbocycles. The molecule has 0 spiro atoms. The number of amides is 1. The Labute approximate surface area is 151 Å². The summed E-state index contributed by atoms with van der Waals surface area (Å²) in [5.41, 5.74) is -1.88. The van der Waals surface area contributed by atoms with Crippen LogP contribution < -0.4 is 4.74 Å². The number of halogens is 3. The maximum Gasteiger partial charge on any atom is 0.433 e. The fourth-order valence-electron chi connectivity index (χ4n) is 2.48. The second-order valence-corrected chi connectivity index (χ2v) is 5.93. The number of nitrogens with zero attached hydrogens (tertiary/aromatic N) is 1. The van der Waals surface area contributed by atoms with Gasteiger partial charge in [-0.1, -0.05) is 20.3 Å². The van der Waals surface area contributed by atoms with Crippen molar-refractivity contribution in [1.29, 1.82) is 5.41 Å². The van der Waals surface area contributed by atoms with Crippen molar-refractivity contribution < 1.29 is 27.8 Å². The lowest BCUT2D eigenvalue weighted by atomic mass is 10.00. The quantitative estimate of drug-likeness (QED) is 0.508. The molecule has 0 saturated heterocycles. The SMILES string of the molecule is CCCc1c(OCCCN(C)C(=O)CC)ccc(C(=N)C(F)(F)F)c1O. The Morgan fingerprint density at radius 2 is 1.96 bits per heavy atom. The van der Waals surface area contributed by atoms with E-state index in [2.05, 4.69) is 0 Å². The van der Waals surface area contributed by atoms with E-state index in [4.69, 9.17) is 10.1 Å². The average molecular weight is 374 g/mol. The van der Waals surface area contributed by atoms with Crippen LogP contribution in [-0.2, 0) is 11.2 Å². The monoisotopic (exact) mass is 374 g/mol. The predicted molar refractivity (Wildman–Crippen MR) is 93.0 cm³/mol. The van der Waals surface area contributed by atoms with Crippen LogP contribution in [0.5, 0.6) is 11.5 Å². The van der Waals surface area contributed by atoms with E-state index in [0.29, 0.717) is 38.0 Å². The molecule has 1 rings (SSSR count). The zero-order chi connectivity index (χ0) is 19.9. The number of ether oxygens (including phenoxy) is 1. The Morgan fingerprint density at radius 1 is 1.31 bits per heavy atom. The van der Waals surface area contributed by atoms with Crippen LogP contribution in [0.15, 0.2) is 12.1 Å². The average Bonchev–Trinajstić information content (AvgIpc) is 2.59. The summed E-state index contributed by atoms with van der Waals surface area (Å²) in [6.45, 7) is 4.36. The number of benzene rings is 1. The van der Waals surface area contributed by atoms with Crippen LogP contribution in [0.1, 0.15) is 44.2 Å². The molecule has 8 heteroatoms. The van der Waals surface area contributed by atoms with Crippen molar-refractivity contribution in [2.45, 2.75) is 45.7 Å². The molecule has 0 fully saturated rings. The molecule has 146 valence electrons. The Balaban J connectivity index is 2.87. The van der Waals surface area contributed by atoms with Gasteiger partial charge in [-0.05, 0) is 25.0 Å². The number of phenols is 1. The lowest BCUT2D eigenvalue weighted by Gasteiger charge is -2.18. The fourth-order valence-corrected chi connectivity index (χ4v) is 2.48. The number of carbonyl (C=O) groups excluding carboxylic acids is 1. The van der Waals surface area contributed by atoms with Gasteiger partial charge in [-0.2, -0.15) is 13.2 Å². The highest BCUT2D eigenvalue weighted by molar-refractivity contribution is 6.04. The van der Waals surface area contributed by atoms with Gasteiger partial charge in [0.1, 0.15) is 17.2 Å². The van der Waals surface area contributed by atoms with Crippen LogP contribution in [0, 0.1) is 5.41 Å². The smallest absolute Gasteiger partial charge is 0.433 e. The molecule has 0 atom stereocenters. The molecule has 2 N–H and O–H groups in total. The van der Waals surface area contributed by atoms with Gasteiger partial charge < -0.3 is 14.7 Å². The number of nitrogens with one attached hydrogen (secondary N) is 1. The van der Waals surface area contributed by atoms with Crippen molar-refractivity contribution in [2.75, 3.05) is 20.2 Å². The summed E-state index contributed by atoms with van der Waals surface area (Å²) < 4.78 is 43.9. The van der Waals surface area contributed by atoms with E-state index in [9.17, 15) is 23.1 Å². The first-order valence-corrected chi connectivity index (χ1v) is 8.51. The Kier molecular flexibility index (Phi) is 7.92. The third kappa shape index (κ3) is 5.64. The first-order valence-electron chi connectivity index (χ1n) is 8.51. The topological polar surface area (TPSA) is 73.6 Å². The zero-order valence-electron chi connectivity index (χ0n) is 15.2. The number of phenolic OH excluding ortho intramolecular Hbond substituents is 1. The molecular weight excluding hydrogens is 349 g/mol. The maximum atomic E-state index is 12.8. The third-order valence-electron chi connectivity index (χ3n) is 3.92. The van der Waals surface area contributed by atoms with Gasteiger partial charge in [-0.25, -0.2) is 0 Å². The van der Waals surface area contributed by atoms with E-state index in [1.165, 1.54) is 6.07 Å². The standard InChI is InChI=1S/C18H25F3N2O3/c1-4-7-12-14(26-11-6-10-23(3)15(24)5-2)9-8-13(16(12)25)17(22)18(19,20)21/h8-9,22,25H,4-7,10-11H2,1-3H3. The Morgan fingerprint density at radius 3 is 2.50 bits per heavy atom. The van der Waals surface area contributed by atoms with Gasteiger partial charge >= 0.3 is 6.18 Å². The lowest BCUT2D eigenvalue weighted by Crippen LogP contribution is -2.27. The number of alkyl halides is 3. The van der Waals surface area contributed by atoms with Crippen molar-refractivity contribution in [2.24, 2.45) is 0 Å². The number of hydrogen-bond acceptors (Lipinski definition) is 4. The fraction of sp³-hybridized carbons (Fsp3) is 0.556. The molecule has 1 amide bonds. The van der Waals surface area contributed by atoms with Crippen LogP contribution in [0.25, 0.3) is 0 Å². The zero-order valence-corrected chi connectivity index (χ0v) is 15.2.